The van der Waals surface area contributed by atoms with E-state index in [-0.39, 0.29) is 11.7 Å². The van der Waals surface area contributed by atoms with Crippen molar-refractivity contribution in [1.82, 2.24) is 14.3 Å². The van der Waals surface area contributed by atoms with Crippen LogP contribution in [0.3, 0.4) is 0 Å². The zero-order valence-corrected chi connectivity index (χ0v) is 14.0. The Balaban J connectivity index is 1.77. The summed E-state index contributed by atoms with van der Waals surface area (Å²) in [5, 5.41) is 13.7. The minimum atomic E-state index is -3.15. The minimum Gasteiger partial charge on any atom is -0.476 e. The number of aromatic carboxylic acids is 1. The molecule has 0 unspecified atom stereocenters. The Morgan fingerprint density at radius 1 is 1.33 bits per heavy atom. The van der Waals surface area contributed by atoms with E-state index in [0.29, 0.717) is 42.5 Å². The van der Waals surface area contributed by atoms with E-state index in [4.69, 9.17) is 0 Å². The standard InChI is InChI=1S/C15H18N4O4S/c1-24(22,23)19-6-3-11(4-7-19)18-13-8-12-10(9-17-13)2-5-16-14(12)15(20)21/h2,5,8-9,11H,3-4,6-7H2,1H3,(H,17,18)(H,20,21). The summed E-state index contributed by atoms with van der Waals surface area (Å²) in [4.78, 5) is 19.5. The molecule has 0 bridgehead atoms. The van der Waals surface area contributed by atoms with E-state index in [1.807, 2.05) is 0 Å². The molecule has 24 heavy (non-hydrogen) atoms. The molecule has 0 atom stereocenters. The smallest absolute Gasteiger partial charge is 0.355 e. The Bertz CT molecular complexity index is 876. The molecule has 8 nitrogen and oxygen atoms in total. The summed E-state index contributed by atoms with van der Waals surface area (Å²) in [5.41, 5.74) is -0.00940. The SMILES string of the molecule is CS(=O)(=O)N1CCC(Nc2cc3c(C(=O)O)nccc3cn2)CC1. The number of hydrogen-bond donors (Lipinski definition) is 2. The van der Waals surface area contributed by atoms with Crippen molar-refractivity contribution in [1.29, 1.82) is 0 Å². The van der Waals surface area contributed by atoms with Gasteiger partial charge < -0.3 is 10.4 Å². The molecule has 2 N–H and O–H groups in total. The maximum absolute atomic E-state index is 11.5. The molecule has 0 aliphatic carbocycles. The molecule has 1 aliphatic heterocycles. The summed E-state index contributed by atoms with van der Waals surface area (Å²) in [6, 6.07) is 3.48. The first-order valence-electron chi connectivity index (χ1n) is 7.54. The lowest BCUT2D eigenvalue weighted by Gasteiger charge is -2.30. The normalized spacial score (nSPS) is 17.0. The Morgan fingerprint density at radius 2 is 2.04 bits per heavy atom. The van der Waals surface area contributed by atoms with Crippen molar-refractivity contribution in [2.24, 2.45) is 0 Å². The fraction of sp³-hybridized carbons (Fsp3) is 0.400. The van der Waals surface area contributed by atoms with Crippen LogP contribution in [-0.2, 0) is 10.0 Å². The third kappa shape index (κ3) is 3.46. The van der Waals surface area contributed by atoms with Gasteiger partial charge in [0.05, 0.1) is 6.26 Å². The number of sulfonamides is 1. The number of hydrogen-bond acceptors (Lipinski definition) is 6. The first-order valence-corrected chi connectivity index (χ1v) is 9.39. The molecule has 3 rings (SSSR count). The molecule has 9 heteroatoms. The predicted molar refractivity (Wildman–Crippen MR) is 89.6 cm³/mol. The van der Waals surface area contributed by atoms with Crippen molar-refractivity contribution < 1.29 is 18.3 Å². The van der Waals surface area contributed by atoms with Crippen LogP contribution < -0.4 is 5.32 Å². The molecule has 0 radical (unpaired) electrons. The summed E-state index contributed by atoms with van der Waals surface area (Å²) in [6.45, 7) is 0.929. The number of carbonyl (C=O) groups is 1. The van der Waals surface area contributed by atoms with Gasteiger partial charge in [-0.15, -0.1) is 0 Å². The molecule has 128 valence electrons. The first-order chi connectivity index (χ1) is 11.3. The second-order valence-electron chi connectivity index (χ2n) is 5.84. The number of anilines is 1. The van der Waals surface area contributed by atoms with Crippen LogP contribution in [0.15, 0.2) is 24.5 Å². The van der Waals surface area contributed by atoms with Gasteiger partial charge in [-0.1, -0.05) is 0 Å². The molecule has 1 fully saturated rings. The maximum atomic E-state index is 11.5. The van der Waals surface area contributed by atoms with Gasteiger partial charge in [-0.25, -0.2) is 27.5 Å². The van der Waals surface area contributed by atoms with E-state index in [9.17, 15) is 18.3 Å². The van der Waals surface area contributed by atoms with Gasteiger partial charge in [-0.3, -0.25) is 0 Å². The number of carboxylic acid groups (broad SMARTS) is 1. The number of carboxylic acids is 1. The van der Waals surface area contributed by atoms with Crippen molar-refractivity contribution in [2.75, 3.05) is 24.7 Å². The maximum Gasteiger partial charge on any atom is 0.355 e. The van der Waals surface area contributed by atoms with E-state index in [0.717, 1.165) is 0 Å². The van der Waals surface area contributed by atoms with E-state index in [1.165, 1.54) is 16.8 Å². The summed E-state index contributed by atoms with van der Waals surface area (Å²) >= 11 is 0. The number of nitrogens with zero attached hydrogens (tertiary/aromatic N) is 3. The van der Waals surface area contributed by atoms with Crippen LogP contribution in [0.5, 0.6) is 0 Å². The van der Waals surface area contributed by atoms with E-state index in [1.54, 1.807) is 18.3 Å². The number of pyridine rings is 2. The highest BCUT2D eigenvalue weighted by Crippen LogP contribution is 2.22. The molecule has 0 spiro atoms. The van der Waals surface area contributed by atoms with Crippen LogP contribution in [0.2, 0.25) is 0 Å². The van der Waals surface area contributed by atoms with E-state index < -0.39 is 16.0 Å². The van der Waals surface area contributed by atoms with Crippen LogP contribution in [0.25, 0.3) is 10.8 Å². The summed E-state index contributed by atoms with van der Waals surface area (Å²) < 4.78 is 24.5. The summed E-state index contributed by atoms with van der Waals surface area (Å²) in [6.07, 6.45) is 5.61. The average Bonchev–Trinajstić information content (AvgIpc) is 2.53. The molecule has 3 heterocycles. The van der Waals surface area contributed by atoms with Gasteiger partial charge in [0, 0.05) is 42.3 Å². The number of rotatable bonds is 4. The van der Waals surface area contributed by atoms with Gasteiger partial charge in [-0.05, 0) is 25.0 Å². The zero-order chi connectivity index (χ0) is 17.3. The monoisotopic (exact) mass is 350 g/mol. The Hall–Kier alpha value is -2.26. The van der Waals surface area contributed by atoms with Crippen LogP contribution in [0, 0.1) is 0 Å². The Kier molecular flexibility index (Phi) is 4.37. The fourth-order valence-electron chi connectivity index (χ4n) is 2.86. The molecular weight excluding hydrogens is 332 g/mol. The third-order valence-electron chi connectivity index (χ3n) is 4.13. The second-order valence-corrected chi connectivity index (χ2v) is 7.82. The third-order valence-corrected chi connectivity index (χ3v) is 5.43. The molecule has 0 amide bonds. The molecule has 2 aromatic rings. The van der Waals surface area contributed by atoms with Crippen LogP contribution >= 0.6 is 0 Å². The summed E-state index contributed by atoms with van der Waals surface area (Å²) in [5.74, 6) is -0.519. The van der Waals surface area contributed by atoms with Gasteiger partial charge in [0.15, 0.2) is 5.69 Å². The molecule has 0 saturated carbocycles. The quantitative estimate of drug-likeness (QED) is 0.851. The predicted octanol–water partition coefficient (Wildman–Crippen LogP) is 1.16. The number of fused-ring (bicyclic) bond motifs is 1. The molecule has 0 aromatic carbocycles. The van der Waals surface area contributed by atoms with Gasteiger partial charge in [0.2, 0.25) is 10.0 Å². The van der Waals surface area contributed by atoms with Crippen molar-refractivity contribution in [3.63, 3.8) is 0 Å². The highest BCUT2D eigenvalue weighted by molar-refractivity contribution is 7.88. The van der Waals surface area contributed by atoms with Gasteiger partial charge >= 0.3 is 5.97 Å². The lowest BCUT2D eigenvalue weighted by atomic mass is 10.1. The number of piperidine rings is 1. The molecule has 1 saturated heterocycles. The fourth-order valence-corrected chi connectivity index (χ4v) is 3.73. The highest BCUT2D eigenvalue weighted by Gasteiger charge is 2.25. The molecular formula is C15H18N4O4S. The van der Waals surface area contributed by atoms with Gasteiger partial charge in [0.1, 0.15) is 5.82 Å². The zero-order valence-electron chi connectivity index (χ0n) is 13.1. The minimum absolute atomic E-state index is 0.00940. The molecule has 2 aromatic heterocycles. The van der Waals surface area contributed by atoms with Crippen LogP contribution in [-0.4, -0.2) is 59.2 Å². The van der Waals surface area contributed by atoms with Gasteiger partial charge in [-0.2, -0.15) is 0 Å². The van der Waals surface area contributed by atoms with Crippen LogP contribution in [0.1, 0.15) is 23.3 Å². The number of nitrogens with one attached hydrogen (secondary N) is 1. The topological polar surface area (TPSA) is 112 Å². The van der Waals surface area contributed by atoms with Crippen molar-refractivity contribution in [3.8, 4) is 0 Å². The lowest BCUT2D eigenvalue weighted by Crippen LogP contribution is -2.41. The van der Waals surface area contributed by atoms with Crippen molar-refractivity contribution in [2.45, 2.75) is 18.9 Å². The van der Waals surface area contributed by atoms with Crippen molar-refractivity contribution in [3.05, 3.63) is 30.2 Å². The summed E-state index contributed by atoms with van der Waals surface area (Å²) in [7, 11) is -3.15. The van der Waals surface area contributed by atoms with Gasteiger partial charge in [0.25, 0.3) is 0 Å². The van der Waals surface area contributed by atoms with Crippen LogP contribution in [0.4, 0.5) is 5.82 Å². The lowest BCUT2D eigenvalue weighted by molar-refractivity contribution is 0.0693. The largest absolute Gasteiger partial charge is 0.476 e. The second kappa shape index (κ2) is 6.33. The Labute approximate surface area is 139 Å². The van der Waals surface area contributed by atoms with E-state index >= 15 is 0 Å². The Morgan fingerprint density at radius 3 is 2.67 bits per heavy atom. The highest BCUT2D eigenvalue weighted by atomic mass is 32.2. The average molecular weight is 350 g/mol. The van der Waals surface area contributed by atoms with E-state index in [2.05, 4.69) is 15.3 Å². The molecule has 1 aliphatic rings. The van der Waals surface area contributed by atoms with Crippen molar-refractivity contribution >= 4 is 32.6 Å². The number of aromatic nitrogens is 2. The first kappa shape index (κ1) is 16.6.